The van der Waals surface area contributed by atoms with Gasteiger partial charge < -0.3 is 0 Å². The molecule has 0 fully saturated rings. The summed E-state index contributed by atoms with van der Waals surface area (Å²) in [6.07, 6.45) is 3.01. The van der Waals surface area contributed by atoms with Gasteiger partial charge in [-0.3, -0.25) is 0 Å². The van der Waals surface area contributed by atoms with Crippen LogP contribution in [0, 0.1) is 0 Å². The fraction of sp³-hybridized carbons (Fsp3) is 0. The molecule has 3 aromatic carbocycles. The van der Waals surface area contributed by atoms with E-state index in [4.69, 9.17) is 46.4 Å². The van der Waals surface area contributed by atoms with Crippen LogP contribution in [-0.4, -0.2) is 27.4 Å². The van der Waals surface area contributed by atoms with Crippen LogP contribution in [0.5, 0.6) is 0 Å². The van der Waals surface area contributed by atoms with Gasteiger partial charge in [0.05, 0.1) is 20.1 Å². The first kappa shape index (κ1) is 22.4. The Labute approximate surface area is 204 Å². The Morgan fingerprint density at radius 2 is 0.969 bits per heavy atom. The highest BCUT2D eigenvalue weighted by Gasteiger charge is 2.09. The number of nitrogens with zero attached hydrogens (tertiary/aromatic N) is 5. The predicted molar refractivity (Wildman–Crippen MR) is 133 cm³/mol. The zero-order chi connectivity index (χ0) is 22.5. The van der Waals surface area contributed by atoms with Crippen LogP contribution in [0.4, 0.5) is 11.9 Å². The summed E-state index contributed by atoms with van der Waals surface area (Å²) in [5.74, 6) is 0.704. The minimum absolute atomic E-state index is 0.146. The number of benzene rings is 3. The second kappa shape index (κ2) is 10.2. The van der Waals surface area contributed by atoms with E-state index in [0.29, 0.717) is 37.0 Å². The van der Waals surface area contributed by atoms with Crippen molar-refractivity contribution < 1.29 is 0 Å². The summed E-state index contributed by atoms with van der Waals surface area (Å²) in [7, 11) is 0. The van der Waals surface area contributed by atoms with Crippen molar-refractivity contribution in [2.24, 2.45) is 9.98 Å². The summed E-state index contributed by atoms with van der Waals surface area (Å²) in [6.45, 7) is 0. The average Bonchev–Trinajstić information content (AvgIpc) is 2.79. The van der Waals surface area contributed by atoms with Gasteiger partial charge in [0.25, 0.3) is 11.9 Å². The van der Waals surface area contributed by atoms with Gasteiger partial charge in [0.15, 0.2) is 5.82 Å². The second-order valence-corrected chi connectivity index (χ2v) is 8.04. The summed E-state index contributed by atoms with van der Waals surface area (Å²) < 4.78 is 0. The van der Waals surface area contributed by atoms with E-state index < -0.39 is 0 Å². The molecule has 4 rings (SSSR count). The highest BCUT2D eigenvalue weighted by molar-refractivity contribution is 6.39. The summed E-state index contributed by atoms with van der Waals surface area (Å²) >= 11 is 24.9. The Hall–Kier alpha value is -2.83. The van der Waals surface area contributed by atoms with Crippen molar-refractivity contribution in [3.8, 4) is 11.4 Å². The molecule has 0 aliphatic rings. The summed E-state index contributed by atoms with van der Waals surface area (Å²) in [4.78, 5) is 21.9. The third kappa shape index (κ3) is 5.31. The maximum Gasteiger partial charge on any atom is 0.254 e. The SMILES string of the molecule is Clc1cccc(Cl)c1/C=N/c1nc(/N=C/c2c(Cl)cccc2Cl)nc(-c2ccccc2)n1. The Bertz CT molecular complexity index is 1200. The van der Waals surface area contributed by atoms with Gasteiger partial charge in [-0.2, -0.15) is 15.0 Å². The molecule has 9 heteroatoms. The molecular weight excluding hydrogens is 488 g/mol. The van der Waals surface area contributed by atoms with Crippen LogP contribution < -0.4 is 0 Å². The molecule has 4 aromatic rings. The van der Waals surface area contributed by atoms with Crippen molar-refractivity contribution in [3.63, 3.8) is 0 Å². The van der Waals surface area contributed by atoms with Gasteiger partial charge in [-0.15, -0.1) is 0 Å². The molecule has 0 bridgehead atoms. The Balaban J connectivity index is 1.77. The summed E-state index contributed by atoms with van der Waals surface area (Å²) in [5, 5.41) is 1.85. The highest BCUT2D eigenvalue weighted by atomic mass is 35.5. The van der Waals surface area contributed by atoms with E-state index in [0.717, 1.165) is 5.56 Å². The molecule has 0 aliphatic carbocycles. The van der Waals surface area contributed by atoms with Gasteiger partial charge >= 0.3 is 0 Å². The molecule has 0 unspecified atom stereocenters. The number of rotatable bonds is 5. The molecule has 1 aromatic heterocycles. The van der Waals surface area contributed by atoms with Crippen molar-refractivity contribution in [2.45, 2.75) is 0 Å². The lowest BCUT2D eigenvalue weighted by Gasteiger charge is -2.04. The van der Waals surface area contributed by atoms with E-state index in [1.807, 2.05) is 30.3 Å². The molecule has 0 N–H and O–H groups in total. The molecule has 0 aliphatic heterocycles. The minimum atomic E-state index is 0.146. The molecule has 0 atom stereocenters. The molecule has 0 radical (unpaired) electrons. The van der Waals surface area contributed by atoms with E-state index >= 15 is 0 Å². The van der Waals surface area contributed by atoms with Crippen LogP contribution in [0.15, 0.2) is 76.7 Å². The van der Waals surface area contributed by atoms with Gasteiger partial charge in [0, 0.05) is 29.1 Å². The van der Waals surface area contributed by atoms with Crippen LogP contribution in [0.2, 0.25) is 20.1 Å². The Morgan fingerprint density at radius 3 is 1.41 bits per heavy atom. The second-order valence-electron chi connectivity index (χ2n) is 6.41. The lowest BCUT2D eigenvalue weighted by molar-refractivity contribution is 1.04. The molecule has 5 nitrogen and oxygen atoms in total. The first-order valence-electron chi connectivity index (χ1n) is 9.29. The van der Waals surface area contributed by atoms with Gasteiger partial charge in [-0.25, -0.2) is 9.98 Å². The Kier molecular flexibility index (Phi) is 7.12. The van der Waals surface area contributed by atoms with Crippen molar-refractivity contribution in [1.82, 2.24) is 15.0 Å². The number of hydrogen-bond donors (Lipinski definition) is 0. The maximum atomic E-state index is 6.22. The lowest BCUT2D eigenvalue weighted by atomic mass is 10.2. The maximum absolute atomic E-state index is 6.22. The molecule has 0 spiro atoms. The first-order valence-corrected chi connectivity index (χ1v) is 10.8. The normalized spacial score (nSPS) is 11.5. The van der Waals surface area contributed by atoms with E-state index in [9.17, 15) is 0 Å². The molecule has 0 saturated heterocycles. The summed E-state index contributed by atoms with van der Waals surface area (Å²) in [5.41, 5.74) is 1.91. The monoisotopic (exact) mass is 499 g/mol. The van der Waals surface area contributed by atoms with Gasteiger partial charge in [-0.05, 0) is 24.3 Å². The largest absolute Gasteiger partial charge is 0.254 e. The molecular formula is C23H13Cl4N5. The van der Waals surface area contributed by atoms with Crippen molar-refractivity contribution in [1.29, 1.82) is 0 Å². The fourth-order valence-electron chi connectivity index (χ4n) is 2.70. The van der Waals surface area contributed by atoms with Crippen molar-refractivity contribution in [3.05, 3.63) is 97.9 Å². The zero-order valence-electron chi connectivity index (χ0n) is 16.3. The highest BCUT2D eigenvalue weighted by Crippen LogP contribution is 2.25. The average molecular weight is 501 g/mol. The topological polar surface area (TPSA) is 63.4 Å². The van der Waals surface area contributed by atoms with Gasteiger partial charge in [0.1, 0.15) is 0 Å². The number of aliphatic imine (C=N–C) groups is 2. The molecule has 0 amide bonds. The number of aromatic nitrogens is 3. The van der Waals surface area contributed by atoms with Crippen LogP contribution >= 0.6 is 46.4 Å². The van der Waals surface area contributed by atoms with Crippen LogP contribution in [0.25, 0.3) is 11.4 Å². The lowest BCUT2D eigenvalue weighted by Crippen LogP contribution is -1.94. The standard InChI is InChI=1S/C23H13Cl4N5/c24-17-8-4-9-18(25)15(17)12-28-22-30-21(14-6-2-1-3-7-14)31-23(32-22)29-13-16-19(26)10-5-11-20(16)27/h1-13H/b28-12+,29-13+. The summed E-state index contributed by atoms with van der Waals surface area (Å²) in [6, 6.07) is 19.8. The molecule has 1 heterocycles. The predicted octanol–water partition coefficient (Wildman–Crippen LogP) is 7.65. The van der Waals surface area contributed by atoms with E-state index in [1.165, 1.54) is 12.4 Å². The van der Waals surface area contributed by atoms with Crippen LogP contribution in [-0.2, 0) is 0 Å². The van der Waals surface area contributed by atoms with E-state index in [1.54, 1.807) is 36.4 Å². The van der Waals surface area contributed by atoms with Crippen LogP contribution in [0.1, 0.15) is 11.1 Å². The molecule has 0 saturated carbocycles. The van der Waals surface area contributed by atoms with Crippen molar-refractivity contribution >= 4 is 70.7 Å². The fourth-order valence-corrected chi connectivity index (χ4v) is 3.69. The van der Waals surface area contributed by atoms with E-state index in [2.05, 4.69) is 24.9 Å². The minimum Gasteiger partial charge on any atom is -0.219 e. The number of hydrogen-bond acceptors (Lipinski definition) is 5. The first-order chi connectivity index (χ1) is 15.5. The van der Waals surface area contributed by atoms with Crippen molar-refractivity contribution in [2.75, 3.05) is 0 Å². The molecule has 32 heavy (non-hydrogen) atoms. The smallest absolute Gasteiger partial charge is 0.219 e. The quantitative estimate of drug-likeness (QED) is 0.264. The van der Waals surface area contributed by atoms with E-state index in [-0.39, 0.29) is 11.9 Å². The number of halogens is 4. The zero-order valence-corrected chi connectivity index (χ0v) is 19.3. The molecule has 158 valence electrons. The van der Waals surface area contributed by atoms with Gasteiger partial charge in [-0.1, -0.05) is 88.9 Å². The third-order valence-corrected chi connectivity index (χ3v) is 5.58. The Morgan fingerprint density at radius 1 is 0.531 bits per heavy atom. The van der Waals surface area contributed by atoms with Crippen LogP contribution in [0.3, 0.4) is 0 Å². The third-order valence-electron chi connectivity index (χ3n) is 4.26. The van der Waals surface area contributed by atoms with Gasteiger partial charge in [0.2, 0.25) is 0 Å².